The summed E-state index contributed by atoms with van der Waals surface area (Å²) in [5, 5.41) is 0.0694. The molecule has 0 bridgehead atoms. The van der Waals surface area contributed by atoms with Crippen molar-refractivity contribution in [3.8, 4) is 0 Å². The molecular weight excluding hydrogens is 366 g/mol. The van der Waals surface area contributed by atoms with E-state index in [9.17, 15) is 9.13 Å². The zero-order valence-corrected chi connectivity index (χ0v) is 16.8. The second-order valence-corrected chi connectivity index (χ2v) is 10.7. The fraction of sp³-hybridized carbons (Fsp3) is 0.833. The third-order valence-electron chi connectivity index (χ3n) is 2.45. The van der Waals surface area contributed by atoms with Crippen molar-refractivity contribution in [3.63, 3.8) is 0 Å². The minimum absolute atomic E-state index is 0.0694. The number of hydrogen-bond acceptors (Lipinski definition) is 8. The van der Waals surface area contributed by atoms with Crippen molar-refractivity contribution >= 4 is 38.7 Å². The molecule has 0 radical (unpaired) electrons. The summed E-state index contributed by atoms with van der Waals surface area (Å²) in [7, 11) is -7.47. The first-order chi connectivity index (χ1) is 10.5. The van der Waals surface area contributed by atoms with Crippen LogP contribution in [0.15, 0.2) is 9.29 Å². The largest absolute Gasteiger partial charge is 0.371 e. The van der Waals surface area contributed by atoms with Crippen LogP contribution in [-0.4, -0.2) is 37.9 Å². The lowest BCUT2D eigenvalue weighted by atomic mass is 10.9. The van der Waals surface area contributed by atoms with Gasteiger partial charge < -0.3 is 18.1 Å². The van der Waals surface area contributed by atoms with Gasteiger partial charge in [0, 0.05) is 11.5 Å². The summed E-state index contributed by atoms with van der Waals surface area (Å²) in [6.45, 7) is 7.60. The molecule has 0 aromatic heterocycles. The van der Waals surface area contributed by atoms with E-state index in [-0.39, 0.29) is 31.5 Å². The summed E-state index contributed by atoms with van der Waals surface area (Å²) in [6, 6.07) is 0. The Hall–Kier alpha value is 0.740. The normalized spacial score (nSPS) is 16.3. The van der Waals surface area contributed by atoms with E-state index < -0.39 is 15.2 Å². The van der Waals surface area contributed by atoms with Crippen LogP contribution in [0.2, 0.25) is 0 Å². The van der Waals surface area contributed by atoms with Crippen molar-refractivity contribution in [1.82, 2.24) is 0 Å². The second-order valence-electron chi connectivity index (χ2n) is 3.97. The molecule has 0 saturated carbocycles. The first-order valence-corrected chi connectivity index (χ1v) is 12.3. The highest BCUT2D eigenvalue weighted by Gasteiger charge is 2.48. The predicted molar refractivity (Wildman–Crippen MR) is 93.7 cm³/mol. The van der Waals surface area contributed by atoms with Crippen LogP contribution in [0.3, 0.4) is 0 Å². The van der Waals surface area contributed by atoms with E-state index in [4.69, 9.17) is 18.1 Å². The summed E-state index contributed by atoms with van der Waals surface area (Å²) in [5.41, 5.74) is 0. The topological polar surface area (TPSA) is 71.1 Å². The van der Waals surface area contributed by atoms with Crippen molar-refractivity contribution in [3.05, 3.63) is 9.29 Å². The van der Waals surface area contributed by atoms with E-state index in [1.165, 1.54) is 23.5 Å². The van der Waals surface area contributed by atoms with E-state index in [1.54, 1.807) is 27.7 Å². The molecular formula is C12H24O6P2S2. The van der Waals surface area contributed by atoms with Gasteiger partial charge in [-0.2, -0.15) is 0 Å². The van der Waals surface area contributed by atoms with Crippen molar-refractivity contribution in [2.45, 2.75) is 27.7 Å². The predicted octanol–water partition coefficient (Wildman–Crippen LogP) is 5.13. The van der Waals surface area contributed by atoms with E-state index >= 15 is 0 Å². The molecule has 1 rings (SSSR count). The molecule has 10 heteroatoms. The fourth-order valence-electron chi connectivity index (χ4n) is 1.81. The van der Waals surface area contributed by atoms with Crippen molar-refractivity contribution in [2.24, 2.45) is 0 Å². The molecule has 1 aliphatic rings. The molecule has 0 aromatic rings. The number of hydrogen-bond donors (Lipinski definition) is 0. The van der Waals surface area contributed by atoms with Gasteiger partial charge in [-0.1, -0.05) is 0 Å². The summed E-state index contributed by atoms with van der Waals surface area (Å²) in [6.07, 6.45) is 0. The lowest BCUT2D eigenvalue weighted by molar-refractivity contribution is 0.214. The lowest BCUT2D eigenvalue weighted by Gasteiger charge is -2.26. The van der Waals surface area contributed by atoms with Gasteiger partial charge in [0.2, 0.25) is 0 Å². The van der Waals surface area contributed by atoms with Crippen LogP contribution in [0.25, 0.3) is 0 Å². The third kappa shape index (κ3) is 5.12. The zero-order chi connectivity index (χ0) is 16.6. The van der Waals surface area contributed by atoms with Crippen LogP contribution < -0.4 is 0 Å². The van der Waals surface area contributed by atoms with Crippen molar-refractivity contribution in [1.29, 1.82) is 0 Å². The van der Waals surface area contributed by atoms with E-state index in [0.717, 1.165) is 11.5 Å². The summed E-state index contributed by atoms with van der Waals surface area (Å²) in [4.78, 5) is 0. The monoisotopic (exact) mass is 390 g/mol. The van der Waals surface area contributed by atoms with E-state index in [0.29, 0.717) is 4.24 Å². The Balaban J connectivity index is 3.43. The highest BCUT2D eigenvalue weighted by molar-refractivity contribution is 8.25. The van der Waals surface area contributed by atoms with E-state index in [2.05, 4.69) is 0 Å². The smallest absolute Gasteiger partial charge is 0.305 e. The molecule has 0 spiro atoms. The Morgan fingerprint density at radius 3 is 1.41 bits per heavy atom. The van der Waals surface area contributed by atoms with Gasteiger partial charge in [-0.3, -0.25) is 9.13 Å². The summed E-state index contributed by atoms with van der Waals surface area (Å²) in [5.74, 6) is 1.69. The van der Waals surface area contributed by atoms with E-state index in [1.807, 2.05) is 0 Å². The maximum atomic E-state index is 13.2. The molecule has 6 nitrogen and oxygen atoms in total. The Morgan fingerprint density at radius 1 is 0.818 bits per heavy atom. The van der Waals surface area contributed by atoms with Gasteiger partial charge in [0.25, 0.3) is 0 Å². The quantitative estimate of drug-likeness (QED) is 0.476. The van der Waals surface area contributed by atoms with Crippen LogP contribution in [0.4, 0.5) is 0 Å². The SMILES string of the molecule is CCOP(=O)(OCC)C(=C1SCCS1)P(=O)(OCC)OCC. The molecule has 0 aliphatic carbocycles. The lowest BCUT2D eigenvalue weighted by Crippen LogP contribution is -2.05. The van der Waals surface area contributed by atoms with Crippen molar-refractivity contribution < 1.29 is 27.2 Å². The average Bonchev–Trinajstić information content (AvgIpc) is 2.93. The van der Waals surface area contributed by atoms with Gasteiger partial charge >= 0.3 is 15.2 Å². The maximum Gasteiger partial charge on any atom is 0.371 e. The Labute approximate surface area is 141 Å². The molecule has 1 saturated heterocycles. The minimum Gasteiger partial charge on any atom is -0.305 e. The summed E-state index contributed by atoms with van der Waals surface area (Å²) >= 11 is 2.97. The first-order valence-electron chi connectivity index (χ1n) is 7.26. The highest BCUT2D eigenvalue weighted by Crippen LogP contribution is 2.76. The standard InChI is InChI=1S/C12H24O6P2S2/c1-5-15-19(13,16-6-2)11(12-21-9-10-22-12)20(14,17-7-3)18-8-4/h5-10H2,1-4H3. The van der Waals surface area contributed by atoms with Gasteiger partial charge in [0.1, 0.15) is 0 Å². The second kappa shape index (κ2) is 9.90. The van der Waals surface area contributed by atoms with Gasteiger partial charge in [-0.05, 0) is 27.7 Å². The molecule has 22 heavy (non-hydrogen) atoms. The highest BCUT2D eigenvalue weighted by atomic mass is 32.2. The molecule has 0 N–H and O–H groups in total. The Morgan fingerprint density at radius 2 is 1.14 bits per heavy atom. The fourth-order valence-corrected chi connectivity index (χ4v) is 10.4. The van der Waals surface area contributed by atoms with Crippen LogP contribution in [0.1, 0.15) is 27.7 Å². The Bertz CT molecular complexity index is 422. The van der Waals surface area contributed by atoms with Crippen LogP contribution >= 0.6 is 38.7 Å². The van der Waals surface area contributed by atoms with Crippen molar-refractivity contribution in [2.75, 3.05) is 37.9 Å². The van der Waals surface area contributed by atoms with Gasteiger partial charge in [-0.25, -0.2) is 0 Å². The van der Waals surface area contributed by atoms with Crippen LogP contribution in [0.5, 0.6) is 0 Å². The van der Waals surface area contributed by atoms with Crippen LogP contribution in [0, 0.1) is 0 Å². The molecule has 1 heterocycles. The molecule has 0 amide bonds. The van der Waals surface area contributed by atoms with Crippen LogP contribution in [-0.2, 0) is 27.2 Å². The first kappa shape index (κ1) is 20.8. The average molecular weight is 390 g/mol. The molecule has 130 valence electrons. The number of thioether (sulfide) groups is 2. The number of rotatable bonds is 10. The van der Waals surface area contributed by atoms with Gasteiger partial charge in [0.05, 0.1) is 30.7 Å². The molecule has 0 aromatic carbocycles. The molecule has 0 atom stereocenters. The minimum atomic E-state index is -3.73. The molecule has 1 fully saturated rings. The van der Waals surface area contributed by atoms with Gasteiger partial charge in [-0.15, -0.1) is 23.5 Å². The van der Waals surface area contributed by atoms with Gasteiger partial charge in [0.15, 0.2) is 5.06 Å². The maximum absolute atomic E-state index is 13.2. The molecule has 1 aliphatic heterocycles. The Kier molecular flexibility index (Phi) is 9.35. The molecule has 0 unspecified atom stereocenters. The summed E-state index contributed by atoms with van der Waals surface area (Å²) < 4.78 is 48.7. The third-order valence-corrected chi connectivity index (χ3v) is 11.1. The zero-order valence-electron chi connectivity index (χ0n) is 13.4.